The zero-order chi connectivity index (χ0) is 15.2. The summed E-state index contributed by atoms with van der Waals surface area (Å²) in [4.78, 5) is 11.9. The monoisotopic (exact) mass is 392 g/mol. The number of hydrogen-bond donors (Lipinski definition) is 2. The van der Waals surface area contributed by atoms with Gasteiger partial charge in [-0.15, -0.1) is 12.4 Å². The normalized spacial score (nSPS) is 18.6. The van der Waals surface area contributed by atoms with Gasteiger partial charge in [-0.3, -0.25) is 4.79 Å². The van der Waals surface area contributed by atoms with Gasteiger partial charge in [0.1, 0.15) is 5.82 Å². The molecule has 0 saturated carbocycles. The fourth-order valence-corrected chi connectivity index (χ4v) is 3.14. The minimum atomic E-state index is -0.263. The summed E-state index contributed by atoms with van der Waals surface area (Å²) in [6, 6.07) is 5.02. The van der Waals surface area contributed by atoms with Crippen molar-refractivity contribution in [3.63, 3.8) is 0 Å². The van der Waals surface area contributed by atoms with Gasteiger partial charge in [-0.1, -0.05) is 6.07 Å². The number of benzene rings is 1. The Hall–Kier alpha value is -0.650. The molecule has 22 heavy (non-hydrogen) atoms. The third-order valence-electron chi connectivity index (χ3n) is 3.88. The molecule has 0 spiro atoms. The number of nitrogens with one attached hydrogen (secondary N) is 2. The molecule has 2 atom stereocenters. The summed E-state index contributed by atoms with van der Waals surface area (Å²) in [6.07, 6.45) is 3.42. The van der Waals surface area contributed by atoms with Gasteiger partial charge in [0.2, 0.25) is 5.91 Å². The van der Waals surface area contributed by atoms with E-state index in [2.05, 4.69) is 26.6 Å². The maximum Gasteiger partial charge on any atom is 0.220 e. The van der Waals surface area contributed by atoms with E-state index in [-0.39, 0.29) is 30.2 Å². The zero-order valence-corrected chi connectivity index (χ0v) is 15.1. The van der Waals surface area contributed by atoms with Crippen molar-refractivity contribution in [1.29, 1.82) is 0 Å². The van der Waals surface area contributed by atoms with Gasteiger partial charge in [-0.05, 0) is 78.8 Å². The molecule has 1 aromatic rings. The first kappa shape index (κ1) is 19.4. The summed E-state index contributed by atoms with van der Waals surface area (Å²) in [5, 5.41) is 6.33. The molecule has 1 saturated heterocycles. The third kappa shape index (κ3) is 6.23. The summed E-state index contributed by atoms with van der Waals surface area (Å²) in [6.45, 7) is 4.08. The molecular weight excluding hydrogens is 371 g/mol. The van der Waals surface area contributed by atoms with Crippen molar-refractivity contribution in [2.45, 2.75) is 38.6 Å². The summed E-state index contributed by atoms with van der Waals surface area (Å²) >= 11 is 3.18. The minimum Gasteiger partial charge on any atom is -0.353 e. The molecule has 1 aliphatic rings. The van der Waals surface area contributed by atoms with Crippen LogP contribution in [0.2, 0.25) is 0 Å². The van der Waals surface area contributed by atoms with Crippen molar-refractivity contribution >= 4 is 34.2 Å². The van der Waals surface area contributed by atoms with Crippen molar-refractivity contribution in [2.75, 3.05) is 13.1 Å². The SMILES string of the molecule is CC(Cc1ccc(F)c(Br)c1)NC(=O)CCC1CCNC1.Cl. The lowest BCUT2D eigenvalue weighted by Gasteiger charge is -2.15. The highest BCUT2D eigenvalue weighted by Crippen LogP contribution is 2.18. The lowest BCUT2D eigenvalue weighted by molar-refractivity contribution is -0.121. The van der Waals surface area contributed by atoms with E-state index in [1.807, 2.05) is 6.92 Å². The van der Waals surface area contributed by atoms with E-state index in [0.717, 1.165) is 25.1 Å². The van der Waals surface area contributed by atoms with Crippen LogP contribution in [0.3, 0.4) is 0 Å². The number of carbonyl (C=O) groups is 1. The molecule has 0 bridgehead atoms. The Bertz CT molecular complexity index is 495. The summed E-state index contributed by atoms with van der Waals surface area (Å²) in [7, 11) is 0. The van der Waals surface area contributed by atoms with Crippen LogP contribution in [0.4, 0.5) is 4.39 Å². The largest absolute Gasteiger partial charge is 0.353 e. The lowest BCUT2D eigenvalue weighted by Crippen LogP contribution is -2.34. The van der Waals surface area contributed by atoms with Crippen molar-refractivity contribution in [2.24, 2.45) is 5.92 Å². The minimum absolute atomic E-state index is 0. The fourth-order valence-electron chi connectivity index (χ4n) is 2.71. The van der Waals surface area contributed by atoms with E-state index >= 15 is 0 Å². The average molecular weight is 394 g/mol. The topological polar surface area (TPSA) is 41.1 Å². The molecule has 1 aliphatic heterocycles. The number of hydrogen-bond acceptors (Lipinski definition) is 2. The van der Waals surface area contributed by atoms with Gasteiger partial charge in [0.25, 0.3) is 0 Å². The van der Waals surface area contributed by atoms with Gasteiger partial charge < -0.3 is 10.6 Å². The van der Waals surface area contributed by atoms with E-state index < -0.39 is 0 Å². The summed E-state index contributed by atoms with van der Waals surface area (Å²) in [5.41, 5.74) is 1.01. The van der Waals surface area contributed by atoms with Crippen LogP contribution in [-0.4, -0.2) is 25.0 Å². The average Bonchev–Trinajstić information content (AvgIpc) is 2.94. The fraction of sp³-hybridized carbons (Fsp3) is 0.562. The molecular formula is C16H23BrClFN2O. The van der Waals surface area contributed by atoms with Crippen molar-refractivity contribution < 1.29 is 9.18 Å². The standard InChI is InChI=1S/C16H22BrFN2O.ClH/c1-11(8-13-2-4-15(18)14(17)9-13)20-16(21)5-3-12-6-7-19-10-12;/h2,4,9,11-12,19H,3,5-8,10H2,1H3,(H,20,21);1H. The second-order valence-corrected chi connectivity index (χ2v) is 6.67. The Labute approximate surface area is 146 Å². The molecule has 6 heteroatoms. The molecule has 1 amide bonds. The smallest absolute Gasteiger partial charge is 0.220 e. The quantitative estimate of drug-likeness (QED) is 0.777. The Morgan fingerprint density at radius 1 is 1.55 bits per heavy atom. The molecule has 2 N–H and O–H groups in total. The van der Waals surface area contributed by atoms with Gasteiger partial charge >= 0.3 is 0 Å². The van der Waals surface area contributed by atoms with Crippen LogP contribution in [0, 0.1) is 11.7 Å². The van der Waals surface area contributed by atoms with Crippen LogP contribution in [0.5, 0.6) is 0 Å². The lowest BCUT2D eigenvalue weighted by atomic mass is 10.0. The highest BCUT2D eigenvalue weighted by atomic mass is 79.9. The number of carbonyl (C=O) groups excluding carboxylic acids is 1. The van der Waals surface area contributed by atoms with Crippen LogP contribution in [0.1, 0.15) is 31.7 Å². The van der Waals surface area contributed by atoms with Gasteiger partial charge in [-0.25, -0.2) is 4.39 Å². The molecule has 1 heterocycles. The van der Waals surface area contributed by atoms with Crippen molar-refractivity contribution in [3.8, 4) is 0 Å². The molecule has 2 unspecified atom stereocenters. The van der Waals surface area contributed by atoms with Gasteiger partial charge in [0.05, 0.1) is 4.47 Å². The van der Waals surface area contributed by atoms with E-state index in [1.165, 1.54) is 12.5 Å². The Balaban J connectivity index is 0.00000242. The molecule has 0 aliphatic carbocycles. The second-order valence-electron chi connectivity index (χ2n) is 5.82. The van der Waals surface area contributed by atoms with Crippen molar-refractivity contribution in [3.05, 3.63) is 34.1 Å². The van der Waals surface area contributed by atoms with Crippen molar-refractivity contribution in [1.82, 2.24) is 10.6 Å². The predicted molar refractivity (Wildman–Crippen MR) is 92.9 cm³/mol. The predicted octanol–water partition coefficient (Wildman–Crippen LogP) is 3.45. The summed E-state index contributed by atoms with van der Waals surface area (Å²) in [5.74, 6) is 0.482. The van der Waals surface area contributed by atoms with Crippen LogP contribution in [0.15, 0.2) is 22.7 Å². The Kier molecular flexibility index (Phi) is 8.36. The number of amides is 1. The van der Waals surface area contributed by atoms with E-state index in [0.29, 0.717) is 23.2 Å². The van der Waals surface area contributed by atoms with Gasteiger partial charge in [0.15, 0.2) is 0 Å². The number of halogens is 3. The Morgan fingerprint density at radius 3 is 2.95 bits per heavy atom. The molecule has 3 nitrogen and oxygen atoms in total. The first-order valence-corrected chi connectivity index (χ1v) is 8.28. The molecule has 0 radical (unpaired) electrons. The molecule has 0 aromatic heterocycles. The van der Waals surface area contributed by atoms with Gasteiger partial charge in [0, 0.05) is 12.5 Å². The van der Waals surface area contributed by atoms with Crippen LogP contribution < -0.4 is 10.6 Å². The first-order valence-electron chi connectivity index (χ1n) is 7.48. The Morgan fingerprint density at radius 2 is 2.32 bits per heavy atom. The number of rotatable bonds is 6. The van der Waals surface area contributed by atoms with E-state index in [1.54, 1.807) is 12.1 Å². The maximum absolute atomic E-state index is 13.2. The highest BCUT2D eigenvalue weighted by molar-refractivity contribution is 9.10. The molecule has 1 fully saturated rings. The highest BCUT2D eigenvalue weighted by Gasteiger charge is 2.16. The molecule has 1 aromatic carbocycles. The van der Waals surface area contributed by atoms with E-state index in [9.17, 15) is 9.18 Å². The van der Waals surface area contributed by atoms with Crippen LogP contribution >= 0.6 is 28.3 Å². The van der Waals surface area contributed by atoms with E-state index in [4.69, 9.17) is 0 Å². The second kappa shape index (κ2) is 9.48. The zero-order valence-electron chi connectivity index (χ0n) is 12.7. The molecule has 124 valence electrons. The first-order chi connectivity index (χ1) is 10.0. The maximum atomic E-state index is 13.2. The van der Waals surface area contributed by atoms with Gasteiger partial charge in [-0.2, -0.15) is 0 Å². The summed E-state index contributed by atoms with van der Waals surface area (Å²) < 4.78 is 13.6. The molecule has 2 rings (SSSR count). The van der Waals surface area contributed by atoms with Crippen LogP contribution in [-0.2, 0) is 11.2 Å². The third-order valence-corrected chi connectivity index (χ3v) is 4.48. The van der Waals surface area contributed by atoms with Crippen LogP contribution in [0.25, 0.3) is 0 Å².